The van der Waals surface area contributed by atoms with Gasteiger partial charge in [0, 0.05) is 50.4 Å². The topological polar surface area (TPSA) is 3.24 Å². The van der Waals surface area contributed by atoms with Crippen LogP contribution in [0.15, 0.2) is 176 Å². The Kier molecular flexibility index (Phi) is 17.7. The summed E-state index contributed by atoms with van der Waals surface area (Å²) in [6.07, 6.45) is 14.0. The molecule has 7 rings (SSSR count). The van der Waals surface area contributed by atoms with E-state index >= 15 is 0 Å². The molecule has 0 aromatic heterocycles. The van der Waals surface area contributed by atoms with E-state index in [-0.39, 0.29) is 19.5 Å². The first kappa shape index (κ1) is 41.6. The largest absolute Gasteiger partial charge is 0.673 e. The average molecular weight is 827 g/mol. The van der Waals surface area contributed by atoms with Crippen LogP contribution in [0, 0.1) is 0 Å². The monoisotopic (exact) mass is 827 g/mol. The normalized spacial score (nSPS) is 17.2. The minimum atomic E-state index is -6.00. The van der Waals surface area contributed by atoms with E-state index in [1.54, 1.807) is 0 Å². The molecule has 1 saturated heterocycles. The maximum Gasteiger partial charge on any atom is 0.673 e. The fraction of sp³-hybridized carbons (Fsp3) is 0.209. The molecule has 1 nitrogen and oxygen atoms in total. The van der Waals surface area contributed by atoms with E-state index < -0.39 is 23.1 Å². The van der Waals surface area contributed by atoms with Crippen molar-refractivity contribution < 1.29 is 36.7 Å². The number of hydrogen-bond acceptors (Lipinski definition) is 1. The van der Waals surface area contributed by atoms with Crippen LogP contribution in [0.25, 0.3) is 0 Å². The van der Waals surface area contributed by atoms with Crippen LogP contribution in [0.2, 0.25) is 0 Å². The van der Waals surface area contributed by atoms with Crippen molar-refractivity contribution in [2.45, 2.75) is 43.5 Å². The van der Waals surface area contributed by atoms with Crippen LogP contribution in [0.5, 0.6) is 0 Å². The van der Waals surface area contributed by atoms with Crippen LogP contribution < -0.4 is 21.2 Å². The molecule has 1 radical (unpaired) electrons. The van der Waals surface area contributed by atoms with E-state index in [4.69, 9.17) is 0 Å². The summed E-state index contributed by atoms with van der Waals surface area (Å²) in [5, 5.41) is 5.95. The third-order valence-electron chi connectivity index (χ3n) is 8.72. The Morgan fingerprint density at radius 1 is 0.442 bits per heavy atom. The van der Waals surface area contributed by atoms with Crippen LogP contribution in [0.4, 0.5) is 17.3 Å². The number of rotatable bonds is 8. The van der Waals surface area contributed by atoms with Crippen LogP contribution >= 0.6 is 15.8 Å². The van der Waals surface area contributed by atoms with Crippen LogP contribution in [-0.4, -0.2) is 36.6 Å². The minimum absolute atomic E-state index is 0. The zero-order valence-corrected chi connectivity index (χ0v) is 32.5. The van der Waals surface area contributed by atoms with Gasteiger partial charge in [0.1, 0.15) is 0 Å². The third kappa shape index (κ3) is 13.7. The maximum absolute atomic E-state index is 9.75. The van der Waals surface area contributed by atoms with Crippen LogP contribution in [-0.2, 0) is 26.0 Å². The quantitative estimate of drug-likeness (QED) is 0.0652. The molecule has 2 aliphatic rings. The molecule has 1 aliphatic carbocycles. The third-order valence-corrected chi connectivity index (χ3v) is 14.7. The van der Waals surface area contributed by atoms with E-state index in [1.807, 2.05) is 0 Å². The molecule has 273 valence electrons. The van der Waals surface area contributed by atoms with Crippen molar-refractivity contribution in [2.75, 3.05) is 13.1 Å². The first-order chi connectivity index (χ1) is 24.9. The Morgan fingerprint density at radius 3 is 0.962 bits per heavy atom. The second-order valence-corrected chi connectivity index (χ2v) is 17.4. The molecule has 0 saturated carbocycles. The minimum Gasteiger partial charge on any atom is -0.418 e. The average Bonchev–Trinajstić information content (AvgIpc) is 3.52. The standard InChI is InChI=1S/C35H33NP2.C8H12.BF4.Rh/c1-6-16-29(17-7-1)26-36-27-34(37(30-18-8-2-9-19-30)31-20-10-3-11-21-31)35(28-36)38(32-22-12-4-13-23-32)33-24-14-5-15-25-33;1-2-4-6-8-7-5-3-1;2-1(3,4)5;/h1-25,34-35H,26-28H2;1-2,7-8H,3-6H2;;/q;;-1;/t34-,35-;;;/m1.../s1. The zero-order chi connectivity index (χ0) is 35.7. The van der Waals surface area contributed by atoms with Crippen molar-refractivity contribution in [2.24, 2.45) is 0 Å². The molecule has 0 spiro atoms. The Morgan fingerprint density at radius 2 is 0.692 bits per heavy atom. The van der Waals surface area contributed by atoms with E-state index in [2.05, 4.69) is 181 Å². The molecule has 1 heterocycles. The molecule has 2 atom stereocenters. The second-order valence-electron chi connectivity index (χ2n) is 12.5. The first-order valence-corrected chi connectivity index (χ1v) is 20.4. The van der Waals surface area contributed by atoms with Gasteiger partial charge in [-0.15, -0.1) is 0 Å². The van der Waals surface area contributed by atoms with Crippen molar-refractivity contribution >= 4 is 44.3 Å². The maximum atomic E-state index is 9.75. The van der Waals surface area contributed by atoms with Crippen molar-refractivity contribution in [1.29, 1.82) is 0 Å². The van der Waals surface area contributed by atoms with Crippen LogP contribution in [0.3, 0.4) is 0 Å². The van der Waals surface area contributed by atoms with Gasteiger partial charge in [-0.25, -0.2) is 0 Å². The molecule has 0 N–H and O–H groups in total. The van der Waals surface area contributed by atoms with E-state index in [0.717, 1.165) is 19.6 Å². The Bertz CT molecular complexity index is 1550. The number of nitrogens with zero attached hydrogens (tertiary/aromatic N) is 1. The second kappa shape index (κ2) is 22.1. The first-order valence-electron chi connectivity index (χ1n) is 17.6. The summed E-state index contributed by atoms with van der Waals surface area (Å²) in [5.41, 5.74) is 2.52. The summed E-state index contributed by atoms with van der Waals surface area (Å²) in [6.45, 7) is 3.24. The van der Waals surface area contributed by atoms with Crippen molar-refractivity contribution in [1.82, 2.24) is 4.90 Å². The molecule has 0 amide bonds. The van der Waals surface area contributed by atoms with Gasteiger partial charge in [0.05, 0.1) is 0 Å². The smallest absolute Gasteiger partial charge is 0.418 e. The fourth-order valence-corrected chi connectivity index (χ4v) is 13.2. The molecule has 1 fully saturated rings. The molecule has 5 aromatic carbocycles. The Labute approximate surface area is 322 Å². The molecular formula is C43H45BF4NP2Rh-. The van der Waals surface area contributed by atoms with Gasteiger partial charge in [-0.2, -0.15) is 0 Å². The molecule has 9 heteroatoms. The van der Waals surface area contributed by atoms with Gasteiger partial charge < -0.3 is 17.3 Å². The number of benzene rings is 5. The van der Waals surface area contributed by atoms with E-state index in [9.17, 15) is 17.3 Å². The number of allylic oxidation sites excluding steroid dienone is 4. The fourth-order valence-electron chi connectivity index (χ4n) is 6.60. The SMILES string of the molecule is C1=CCCC=CCC1.F[B-](F)(F)F.[Rh].c1ccc(CN2C[C@@H](P(c3ccccc3)c3ccccc3)[C@H](P(c3ccccc3)c3ccccc3)C2)cc1. The predicted molar refractivity (Wildman–Crippen MR) is 214 cm³/mol. The molecule has 0 unspecified atom stereocenters. The molecule has 1 aliphatic heterocycles. The molecule has 52 heavy (non-hydrogen) atoms. The Hall–Kier alpha value is -3.19. The predicted octanol–water partition coefficient (Wildman–Crippen LogP) is 10.5. The van der Waals surface area contributed by atoms with Gasteiger partial charge >= 0.3 is 7.25 Å². The summed E-state index contributed by atoms with van der Waals surface area (Å²) >= 11 is 0. The zero-order valence-electron chi connectivity index (χ0n) is 29.1. The van der Waals surface area contributed by atoms with Gasteiger partial charge in [-0.1, -0.05) is 176 Å². The molecule has 0 bridgehead atoms. The van der Waals surface area contributed by atoms with Crippen molar-refractivity contribution in [3.05, 3.63) is 182 Å². The van der Waals surface area contributed by atoms with Gasteiger partial charge in [0.15, 0.2) is 0 Å². The van der Waals surface area contributed by atoms with Gasteiger partial charge in [-0.3, -0.25) is 4.90 Å². The van der Waals surface area contributed by atoms with Gasteiger partial charge in [-0.05, 0) is 68.3 Å². The number of likely N-dealkylation sites (tertiary alicyclic amines) is 1. The number of hydrogen-bond donors (Lipinski definition) is 0. The van der Waals surface area contributed by atoms with Crippen molar-refractivity contribution in [3.63, 3.8) is 0 Å². The van der Waals surface area contributed by atoms with Gasteiger partial charge in [0.25, 0.3) is 0 Å². The van der Waals surface area contributed by atoms with Crippen molar-refractivity contribution in [3.8, 4) is 0 Å². The summed E-state index contributed by atoms with van der Waals surface area (Å²) < 4.78 is 39.0. The summed E-state index contributed by atoms with van der Waals surface area (Å²) in [7, 11) is -7.06. The Balaban J connectivity index is 0.000000367. The molecular weight excluding hydrogens is 782 g/mol. The van der Waals surface area contributed by atoms with E-state index in [0.29, 0.717) is 11.3 Å². The van der Waals surface area contributed by atoms with E-state index in [1.165, 1.54) is 52.5 Å². The summed E-state index contributed by atoms with van der Waals surface area (Å²) in [5.74, 6) is 0. The summed E-state index contributed by atoms with van der Waals surface area (Å²) in [6, 6.07) is 56.3. The summed E-state index contributed by atoms with van der Waals surface area (Å²) in [4.78, 5) is 2.73. The molecule has 5 aromatic rings. The van der Waals surface area contributed by atoms with Crippen LogP contribution in [0.1, 0.15) is 31.2 Å². The number of halogens is 4. The van der Waals surface area contributed by atoms with Gasteiger partial charge in [0.2, 0.25) is 0 Å².